The van der Waals surface area contributed by atoms with Gasteiger partial charge in [0.15, 0.2) is 0 Å². The highest BCUT2D eigenvalue weighted by atomic mass is 16.7. The van der Waals surface area contributed by atoms with Crippen LogP contribution in [0.5, 0.6) is 11.5 Å². The van der Waals surface area contributed by atoms with Crippen LogP contribution in [0.2, 0.25) is 0 Å². The summed E-state index contributed by atoms with van der Waals surface area (Å²) in [4.78, 5) is 0. The lowest BCUT2D eigenvalue weighted by molar-refractivity contribution is 0.207. The SMILES string of the molecule is NCCOB(Oc1ccc2ccccc2c1)Oc1ccc2ccccc2c1. The molecule has 0 radical (unpaired) electrons. The van der Waals surface area contributed by atoms with Crippen molar-refractivity contribution in [2.45, 2.75) is 0 Å². The summed E-state index contributed by atoms with van der Waals surface area (Å²) in [5.41, 5.74) is 5.58. The fourth-order valence-corrected chi connectivity index (χ4v) is 2.96. The molecule has 4 rings (SSSR count). The average molecular weight is 357 g/mol. The average Bonchev–Trinajstić information content (AvgIpc) is 2.72. The Morgan fingerprint density at radius 2 is 1.11 bits per heavy atom. The Hall–Kier alpha value is -3.02. The molecule has 4 nitrogen and oxygen atoms in total. The molecule has 27 heavy (non-hydrogen) atoms. The first-order valence-electron chi connectivity index (χ1n) is 8.94. The van der Waals surface area contributed by atoms with Crippen LogP contribution in [0.3, 0.4) is 0 Å². The van der Waals surface area contributed by atoms with Crippen molar-refractivity contribution in [3.63, 3.8) is 0 Å². The molecule has 0 heterocycles. The van der Waals surface area contributed by atoms with E-state index in [0.29, 0.717) is 24.7 Å². The fraction of sp³-hybridized carbons (Fsp3) is 0.0909. The zero-order valence-electron chi connectivity index (χ0n) is 14.9. The molecular formula is C22H20BNO3. The minimum Gasteiger partial charge on any atom is -0.501 e. The van der Waals surface area contributed by atoms with Crippen molar-refractivity contribution in [1.29, 1.82) is 0 Å². The highest BCUT2D eigenvalue weighted by Gasteiger charge is 2.27. The van der Waals surface area contributed by atoms with Gasteiger partial charge in [-0.3, -0.25) is 0 Å². The van der Waals surface area contributed by atoms with E-state index in [1.54, 1.807) is 0 Å². The lowest BCUT2D eigenvalue weighted by Crippen LogP contribution is -2.35. The summed E-state index contributed by atoms with van der Waals surface area (Å²) in [6.45, 7) is 0.727. The summed E-state index contributed by atoms with van der Waals surface area (Å²) in [5, 5.41) is 4.50. The van der Waals surface area contributed by atoms with Crippen LogP contribution in [0.25, 0.3) is 21.5 Å². The summed E-state index contributed by atoms with van der Waals surface area (Å²) < 4.78 is 17.5. The first kappa shape index (κ1) is 17.4. The van der Waals surface area contributed by atoms with E-state index < -0.39 is 7.32 Å². The fourth-order valence-electron chi connectivity index (χ4n) is 2.96. The van der Waals surface area contributed by atoms with Crippen LogP contribution in [0.15, 0.2) is 84.9 Å². The Labute approximate surface area is 158 Å². The molecule has 0 aliphatic carbocycles. The van der Waals surface area contributed by atoms with Gasteiger partial charge < -0.3 is 19.7 Å². The van der Waals surface area contributed by atoms with E-state index in [-0.39, 0.29) is 0 Å². The molecule has 0 spiro atoms. The maximum absolute atomic E-state index is 5.94. The second-order valence-corrected chi connectivity index (χ2v) is 6.20. The molecular weight excluding hydrogens is 337 g/mol. The van der Waals surface area contributed by atoms with Crippen LogP contribution in [-0.4, -0.2) is 20.5 Å². The Morgan fingerprint density at radius 3 is 1.59 bits per heavy atom. The predicted octanol–water partition coefficient (Wildman–Crippen LogP) is 4.41. The molecule has 0 aliphatic rings. The van der Waals surface area contributed by atoms with Crippen LogP contribution in [0.4, 0.5) is 0 Å². The van der Waals surface area contributed by atoms with Crippen LogP contribution in [0.1, 0.15) is 0 Å². The van der Waals surface area contributed by atoms with Gasteiger partial charge in [-0.05, 0) is 45.8 Å². The summed E-state index contributed by atoms with van der Waals surface area (Å²) in [6.07, 6.45) is 0. The standard InChI is InChI=1S/C22H20BNO3/c24-13-14-25-23(26-21-11-9-17-5-1-3-7-19(17)15-21)27-22-12-10-18-6-2-4-8-20(18)16-22/h1-12,15-16H,13-14,24H2. The summed E-state index contributed by atoms with van der Waals surface area (Å²) in [5.74, 6) is 1.35. The predicted molar refractivity (Wildman–Crippen MR) is 110 cm³/mol. The molecule has 0 aliphatic heterocycles. The molecule has 134 valence electrons. The molecule has 0 amide bonds. The maximum atomic E-state index is 5.94. The van der Waals surface area contributed by atoms with Crippen LogP contribution in [0, 0.1) is 0 Å². The van der Waals surface area contributed by atoms with E-state index in [1.165, 1.54) is 0 Å². The van der Waals surface area contributed by atoms with Crippen molar-refractivity contribution in [1.82, 2.24) is 0 Å². The van der Waals surface area contributed by atoms with Gasteiger partial charge in [-0.1, -0.05) is 60.7 Å². The lowest BCUT2D eigenvalue weighted by atomic mass is 10.1. The smallest absolute Gasteiger partial charge is 0.501 e. The zero-order chi connectivity index (χ0) is 18.5. The largest absolute Gasteiger partial charge is 0.788 e. The quantitative estimate of drug-likeness (QED) is 0.498. The molecule has 0 unspecified atom stereocenters. The second-order valence-electron chi connectivity index (χ2n) is 6.20. The third-order valence-electron chi connectivity index (χ3n) is 4.28. The van der Waals surface area contributed by atoms with Crippen molar-refractivity contribution in [3.05, 3.63) is 84.9 Å². The van der Waals surface area contributed by atoms with Gasteiger partial charge in [-0.25, -0.2) is 0 Å². The van der Waals surface area contributed by atoms with Gasteiger partial charge >= 0.3 is 7.32 Å². The van der Waals surface area contributed by atoms with Crippen molar-refractivity contribution < 1.29 is 14.0 Å². The molecule has 4 aromatic rings. The molecule has 0 bridgehead atoms. The molecule has 0 aromatic heterocycles. The lowest BCUT2D eigenvalue weighted by Gasteiger charge is -2.16. The first-order valence-corrected chi connectivity index (χ1v) is 8.94. The van der Waals surface area contributed by atoms with E-state index in [4.69, 9.17) is 19.7 Å². The second kappa shape index (κ2) is 8.12. The Morgan fingerprint density at radius 1 is 0.630 bits per heavy atom. The van der Waals surface area contributed by atoms with Gasteiger partial charge in [0.25, 0.3) is 0 Å². The molecule has 5 heteroatoms. The number of nitrogens with two attached hydrogens (primary N) is 1. The van der Waals surface area contributed by atoms with Gasteiger partial charge in [-0.15, -0.1) is 0 Å². The topological polar surface area (TPSA) is 53.7 Å². The Kier molecular flexibility index (Phi) is 5.23. The molecule has 0 fully saturated rings. The third kappa shape index (κ3) is 4.22. The number of fused-ring (bicyclic) bond motifs is 2. The van der Waals surface area contributed by atoms with Crippen molar-refractivity contribution >= 4 is 28.9 Å². The van der Waals surface area contributed by atoms with Crippen LogP contribution in [-0.2, 0) is 4.65 Å². The van der Waals surface area contributed by atoms with Gasteiger partial charge in [0.2, 0.25) is 0 Å². The van der Waals surface area contributed by atoms with Crippen LogP contribution < -0.4 is 15.0 Å². The number of rotatable bonds is 7. The minimum atomic E-state index is -0.879. The molecule has 4 aromatic carbocycles. The normalized spacial score (nSPS) is 10.9. The highest BCUT2D eigenvalue weighted by molar-refractivity contribution is 6.38. The van der Waals surface area contributed by atoms with Gasteiger partial charge in [0.1, 0.15) is 11.5 Å². The van der Waals surface area contributed by atoms with Crippen LogP contribution >= 0.6 is 0 Å². The van der Waals surface area contributed by atoms with Gasteiger partial charge in [-0.2, -0.15) is 0 Å². The Bertz CT molecular complexity index is 972. The molecule has 0 atom stereocenters. The monoisotopic (exact) mass is 357 g/mol. The third-order valence-corrected chi connectivity index (χ3v) is 4.28. The Balaban J connectivity index is 1.55. The summed E-state index contributed by atoms with van der Waals surface area (Å²) in [7, 11) is -0.879. The molecule has 0 saturated carbocycles. The van der Waals surface area contributed by atoms with Crippen molar-refractivity contribution in [2.24, 2.45) is 5.73 Å². The van der Waals surface area contributed by atoms with E-state index in [9.17, 15) is 0 Å². The van der Waals surface area contributed by atoms with Crippen molar-refractivity contribution in [3.8, 4) is 11.5 Å². The van der Waals surface area contributed by atoms with Crippen molar-refractivity contribution in [2.75, 3.05) is 13.2 Å². The number of benzene rings is 4. The minimum absolute atomic E-state index is 0.339. The van der Waals surface area contributed by atoms with Gasteiger partial charge in [0, 0.05) is 13.2 Å². The number of hydrogen-bond donors (Lipinski definition) is 1. The number of hydrogen-bond acceptors (Lipinski definition) is 4. The molecule has 2 N–H and O–H groups in total. The maximum Gasteiger partial charge on any atom is 0.788 e. The first-order chi connectivity index (χ1) is 13.3. The van der Waals surface area contributed by atoms with E-state index >= 15 is 0 Å². The summed E-state index contributed by atoms with van der Waals surface area (Å²) in [6, 6.07) is 28.0. The molecule has 0 saturated heterocycles. The van der Waals surface area contributed by atoms with Gasteiger partial charge in [0.05, 0.1) is 0 Å². The highest BCUT2D eigenvalue weighted by Crippen LogP contribution is 2.24. The summed E-state index contributed by atoms with van der Waals surface area (Å²) >= 11 is 0. The zero-order valence-corrected chi connectivity index (χ0v) is 14.9. The van der Waals surface area contributed by atoms with E-state index in [0.717, 1.165) is 21.5 Å². The van der Waals surface area contributed by atoms with E-state index in [2.05, 4.69) is 12.1 Å². The van der Waals surface area contributed by atoms with E-state index in [1.807, 2.05) is 72.8 Å².